The average molecular weight is 287 g/mol. The van der Waals surface area contributed by atoms with E-state index in [1.165, 1.54) is 4.90 Å². The number of carboxylic acids is 1. The summed E-state index contributed by atoms with van der Waals surface area (Å²) >= 11 is 0. The van der Waals surface area contributed by atoms with E-state index in [-0.39, 0.29) is 31.4 Å². The van der Waals surface area contributed by atoms with Crippen LogP contribution < -0.4 is 11.1 Å². The van der Waals surface area contributed by atoms with Crippen molar-refractivity contribution in [2.75, 3.05) is 13.2 Å². The molecule has 8 heteroatoms. The maximum Gasteiger partial charge on any atom is 0.326 e. The van der Waals surface area contributed by atoms with Crippen LogP contribution in [0.25, 0.3) is 0 Å². The molecule has 0 aliphatic carbocycles. The first-order chi connectivity index (χ1) is 9.36. The fourth-order valence-corrected chi connectivity index (χ4v) is 2.31. The van der Waals surface area contributed by atoms with Crippen molar-refractivity contribution in [3.8, 4) is 0 Å². The van der Waals surface area contributed by atoms with Crippen molar-refractivity contribution in [3.05, 3.63) is 0 Å². The van der Waals surface area contributed by atoms with Crippen molar-refractivity contribution in [3.63, 3.8) is 0 Å². The molecule has 1 saturated heterocycles. The fraction of sp³-hybridized carbons (Fsp3) is 0.750. The molecular weight excluding hydrogens is 266 g/mol. The highest BCUT2D eigenvalue weighted by atomic mass is 16.4. The molecule has 1 aliphatic rings. The zero-order valence-electron chi connectivity index (χ0n) is 11.4. The second-order valence-corrected chi connectivity index (χ2v) is 5.05. The Morgan fingerprint density at radius 1 is 1.45 bits per heavy atom. The van der Waals surface area contributed by atoms with Crippen LogP contribution >= 0.6 is 0 Å². The molecule has 0 aromatic heterocycles. The van der Waals surface area contributed by atoms with Crippen LogP contribution in [0, 0.1) is 5.92 Å². The maximum atomic E-state index is 12.0. The second kappa shape index (κ2) is 7.09. The number of urea groups is 1. The minimum Gasteiger partial charge on any atom is -0.480 e. The number of aliphatic hydroxyl groups excluding tert-OH is 1. The van der Waals surface area contributed by atoms with Crippen LogP contribution in [0.3, 0.4) is 0 Å². The summed E-state index contributed by atoms with van der Waals surface area (Å²) in [4.78, 5) is 35.2. The van der Waals surface area contributed by atoms with Gasteiger partial charge in [-0.3, -0.25) is 4.79 Å². The zero-order chi connectivity index (χ0) is 15.3. The summed E-state index contributed by atoms with van der Waals surface area (Å²) in [6.07, 6.45) is 0.596. The van der Waals surface area contributed by atoms with E-state index in [9.17, 15) is 19.5 Å². The number of aliphatic hydroxyl groups is 1. The summed E-state index contributed by atoms with van der Waals surface area (Å²) < 4.78 is 0. The van der Waals surface area contributed by atoms with Crippen molar-refractivity contribution in [1.82, 2.24) is 10.2 Å². The molecule has 5 N–H and O–H groups in total. The van der Waals surface area contributed by atoms with E-state index in [0.717, 1.165) is 6.42 Å². The Labute approximate surface area is 116 Å². The topological polar surface area (TPSA) is 133 Å². The number of hydrogen-bond donors (Lipinski definition) is 4. The van der Waals surface area contributed by atoms with Crippen LogP contribution in [0.15, 0.2) is 0 Å². The van der Waals surface area contributed by atoms with Gasteiger partial charge in [-0.1, -0.05) is 6.92 Å². The van der Waals surface area contributed by atoms with E-state index in [0.29, 0.717) is 6.54 Å². The van der Waals surface area contributed by atoms with E-state index < -0.39 is 23.9 Å². The average Bonchev–Trinajstić information content (AvgIpc) is 2.74. The monoisotopic (exact) mass is 287 g/mol. The van der Waals surface area contributed by atoms with Gasteiger partial charge in [0.05, 0.1) is 12.6 Å². The highest BCUT2D eigenvalue weighted by Crippen LogP contribution is 2.23. The third-order valence-corrected chi connectivity index (χ3v) is 3.61. The number of likely N-dealkylation sites (tertiary alicyclic amines) is 1. The fourth-order valence-electron chi connectivity index (χ4n) is 2.31. The molecule has 1 aliphatic heterocycles. The van der Waals surface area contributed by atoms with Crippen molar-refractivity contribution in [2.45, 2.75) is 38.3 Å². The molecule has 0 saturated carbocycles. The van der Waals surface area contributed by atoms with Crippen LogP contribution in [-0.2, 0) is 9.59 Å². The lowest BCUT2D eigenvalue weighted by atomic mass is 10.0. The van der Waals surface area contributed by atoms with Gasteiger partial charge in [-0.05, 0) is 18.8 Å². The van der Waals surface area contributed by atoms with Crippen LogP contribution in [0.1, 0.15) is 26.2 Å². The lowest BCUT2D eigenvalue weighted by molar-refractivity contribution is -0.139. The normalized spacial score (nSPS) is 23.4. The first kappa shape index (κ1) is 16.2. The number of nitrogens with two attached hydrogens (primary N) is 1. The smallest absolute Gasteiger partial charge is 0.326 e. The minimum atomic E-state index is -1.22. The zero-order valence-corrected chi connectivity index (χ0v) is 11.4. The minimum absolute atomic E-state index is 0.0520. The molecule has 1 fully saturated rings. The van der Waals surface area contributed by atoms with E-state index in [2.05, 4.69) is 5.32 Å². The Bertz CT molecular complexity index is 387. The lowest BCUT2D eigenvalue weighted by Gasteiger charge is -2.27. The van der Waals surface area contributed by atoms with Gasteiger partial charge in [0, 0.05) is 13.0 Å². The van der Waals surface area contributed by atoms with E-state index in [1.807, 2.05) is 6.92 Å². The first-order valence-electron chi connectivity index (χ1n) is 6.56. The summed E-state index contributed by atoms with van der Waals surface area (Å²) in [5.41, 5.74) is 4.97. The number of nitrogens with one attached hydrogen (secondary N) is 1. The summed E-state index contributed by atoms with van der Waals surface area (Å²) in [5.74, 6) is -1.67. The van der Waals surface area contributed by atoms with E-state index in [4.69, 9.17) is 10.8 Å². The van der Waals surface area contributed by atoms with Gasteiger partial charge in [0.1, 0.15) is 6.04 Å². The van der Waals surface area contributed by atoms with Crippen LogP contribution in [-0.4, -0.2) is 58.3 Å². The molecule has 1 heterocycles. The van der Waals surface area contributed by atoms with Gasteiger partial charge in [-0.25, -0.2) is 9.59 Å². The van der Waals surface area contributed by atoms with Crippen LogP contribution in [0.5, 0.6) is 0 Å². The van der Waals surface area contributed by atoms with Gasteiger partial charge in [0.25, 0.3) is 0 Å². The number of amides is 3. The largest absolute Gasteiger partial charge is 0.480 e. The molecule has 0 aromatic carbocycles. The number of carboxylic acid groups (broad SMARTS) is 1. The highest BCUT2D eigenvalue weighted by Gasteiger charge is 2.35. The van der Waals surface area contributed by atoms with Crippen LogP contribution in [0.4, 0.5) is 4.79 Å². The van der Waals surface area contributed by atoms with Gasteiger partial charge in [-0.15, -0.1) is 0 Å². The SMILES string of the molecule is CC1CCN(C(=O)N[C@H](CCC(N)=O)C(=O)O)C1CO. The predicted molar refractivity (Wildman–Crippen MR) is 69.7 cm³/mol. The lowest BCUT2D eigenvalue weighted by Crippen LogP contribution is -2.51. The molecule has 3 amide bonds. The molecule has 0 radical (unpaired) electrons. The van der Waals surface area contributed by atoms with Gasteiger partial charge >= 0.3 is 12.0 Å². The van der Waals surface area contributed by atoms with Gasteiger partial charge < -0.3 is 26.2 Å². The van der Waals surface area contributed by atoms with Crippen molar-refractivity contribution >= 4 is 17.9 Å². The Balaban J connectivity index is 2.61. The highest BCUT2D eigenvalue weighted by molar-refractivity contribution is 5.83. The van der Waals surface area contributed by atoms with Crippen molar-refractivity contribution < 1.29 is 24.6 Å². The molecule has 20 heavy (non-hydrogen) atoms. The molecule has 0 aromatic rings. The first-order valence-corrected chi connectivity index (χ1v) is 6.56. The Kier molecular flexibility index (Phi) is 5.75. The Morgan fingerprint density at radius 2 is 2.10 bits per heavy atom. The Hall–Kier alpha value is -1.83. The number of primary amides is 1. The number of carbonyl (C=O) groups excluding carboxylic acids is 2. The molecule has 8 nitrogen and oxygen atoms in total. The summed E-state index contributed by atoms with van der Waals surface area (Å²) in [6.45, 7) is 2.24. The number of hydrogen-bond acceptors (Lipinski definition) is 4. The molecule has 1 rings (SSSR count). The molecule has 2 unspecified atom stereocenters. The summed E-state index contributed by atoms with van der Waals surface area (Å²) in [6, 6.07) is -2.00. The second-order valence-electron chi connectivity index (χ2n) is 5.05. The number of aliphatic carboxylic acids is 1. The summed E-state index contributed by atoms with van der Waals surface area (Å²) in [5, 5.41) is 20.7. The predicted octanol–water partition coefficient (Wildman–Crippen LogP) is -0.883. The summed E-state index contributed by atoms with van der Waals surface area (Å²) in [7, 11) is 0. The van der Waals surface area contributed by atoms with Crippen molar-refractivity contribution in [2.24, 2.45) is 11.7 Å². The maximum absolute atomic E-state index is 12.0. The molecular formula is C12H21N3O5. The standard InChI is InChI=1S/C12H21N3O5/c1-7-4-5-15(9(7)6-16)12(20)14-8(11(18)19)2-3-10(13)17/h7-9,16H,2-6H2,1H3,(H2,13,17)(H,14,20)(H,18,19)/t7?,8-,9?/m1/s1. The third kappa shape index (κ3) is 4.09. The number of nitrogens with zero attached hydrogens (tertiary/aromatic N) is 1. The molecule has 3 atom stereocenters. The molecule has 0 spiro atoms. The van der Waals surface area contributed by atoms with E-state index >= 15 is 0 Å². The van der Waals surface area contributed by atoms with Gasteiger partial charge in [-0.2, -0.15) is 0 Å². The molecule has 114 valence electrons. The molecule has 0 bridgehead atoms. The van der Waals surface area contributed by atoms with Gasteiger partial charge in [0.15, 0.2) is 0 Å². The van der Waals surface area contributed by atoms with Crippen molar-refractivity contribution in [1.29, 1.82) is 0 Å². The number of carbonyl (C=O) groups is 3. The number of rotatable bonds is 6. The van der Waals surface area contributed by atoms with Gasteiger partial charge in [0.2, 0.25) is 5.91 Å². The quantitative estimate of drug-likeness (QED) is 0.503. The Morgan fingerprint density at radius 3 is 2.60 bits per heavy atom. The van der Waals surface area contributed by atoms with E-state index in [1.54, 1.807) is 0 Å². The van der Waals surface area contributed by atoms with Crippen LogP contribution in [0.2, 0.25) is 0 Å². The third-order valence-electron chi connectivity index (χ3n) is 3.61.